The summed E-state index contributed by atoms with van der Waals surface area (Å²) >= 11 is 3.90. The van der Waals surface area contributed by atoms with Gasteiger partial charge in [0.15, 0.2) is 0 Å². The van der Waals surface area contributed by atoms with E-state index in [1.807, 2.05) is 42.5 Å². The van der Waals surface area contributed by atoms with Crippen LogP contribution in [0, 0.1) is 0 Å². The van der Waals surface area contributed by atoms with Gasteiger partial charge in [-0.15, -0.1) is 0 Å². The van der Waals surface area contributed by atoms with Gasteiger partial charge in [0.25, 0.3) is 0 Å². The van der Waals surface area contributed by atoms with E-state index in [4.69, 9.17) is 0 Å². The van der Waals surface area contributed by atoms with Crippen LogP contribution in [0.1, 0.15) is 11.1 Å². The summed E-state index contributed by atoms with van der Waals surface area (Å²) in [5, 5.41) is 5.34. The van der Waals surface area contributed by atoms with Gasteiger partial charge in [-0.3, -0.25) is 0 Å². The Kier molecular flexibility index (Phi) is 4.24. The molecule has 1 N–H and O–H groups in total. The average Bonchev–Trinajstić information content (AvgIpc) is 2.54. The van der Waals surface area contributed by atoms with Gasteiger partial charge in [0.1, 0.15) is 0 Å². The summed E-state index contributed by atoms with van der Waals surface area (Å²) < 4.78 is 38.3. The van der Waals surface area contributed by atoms with Crippen molar-refractivity contribution in [1.82, 2.24) is 0 Å². The molecule has 3 rings (SSSR count). The molecule has 5 heteroatoms. The van der Waals surface area contributed by atoms with Crippen molar-refractivity contribution in [1.29, 1.82) is 0 Å². The second kappa shape index (κ2) is 6.19. The molecule has 0 aliphatic carbocycles. The Balaban J connectivity index is 1.80. The fourth-order valence-corrected chi connectivity index (χ4v) is 2.61. The number of rotatable bonds is 3. The fourth-order valence-electron chi connectivity index (χ4n) is 2.26. The predicted octanol–water partition coefficient (Wildman–Crippen LogP) is 5.00. The quantitative estimate of drug-likeness (QED) is 0.653. The monoisotopic (exact) mass is 355 g/mol. The molecule has 0 radical (unpaired) electrons. The number of alkyl halides is 3. The molecule has 3 aromatic carbocycles. The molecule has 0 aliphatic heterocycles. The first-order chi connectivity index (χ1) is 10.9. The van der Waals surface area contributed by atoms with Crippen molar-refractivity contribution < 1.29 is 28.7 Å². The second-order valence-corrected chi connectivity index (χ2v) is 5.62. The molecule has 1 nitrogen and oxygen atoms in total. The second-order valence-electron chi connectivity index (χ2n) is 5.06. The van der Waals surface area contributed by atoms with Gasteiger partial charge >= 0.3 is 139 Å². The van der Waals surface area contributed by atoms with Gasteiger partial charge in [0, 0.05) is 0 Å². The van der Waals surface area contributed by atoms with Crippen LogP contribution in [0.4, 0.5) is 18.9 Å². The summed E-state index contributed by atoms with van der Waals surface area (Å²) in [5.74, 6) is 0. The van der Waals surface area contributed by atoms with Crippen LogP contribution in [0.5, 0.6) is 0 Å². The Bertz CT molecular complexity index is 854. The molecule has 23 heavy (non-hydrogen) atoms. The Hall–Kier alpha value is -2.10. The standard InChI is InChI=1S/C18H12F3N.Fe/c19-18(20,21)16-8-5-13(6-9-16)12-22-17-10-7-14-3-1-2-4-15(14)11-17;/h1-11,22H;. The van der Waals surface area contributed by atoms with E-state index in [-0.39, 0.29) is 0 Å². The number of hydrogen-bond acceptors (Lipinski definition) is 1. The van der Waals surface area contributed by atoms with E-state index in [0.29, 0.717) is 10.1 Å². The fraction of sp³-hybridized carbons (Fsp3) is 0.0556. The molecule has 0 aromatic heterocycles. The number of nitrogens with one attached hydrogen (secondary N) is 1. The van der Waals surface area contributed by atoms with Crippen molar-refractivity contribution in [2.45, 2.75) is 6.18 Å². The normalized spacial score (nSPS) is 11.5. The molecule has 0 fully saturated rings. The predicted molar refractivity (Wildman–Crippen MR) is 83.1 cm³/mol. The summed E-state index contributed by atoms with van der Waals surface area (Å²) in [6, 6.07) is 18.8. The maximum absolute atomic E-state index is 12.6. The van der Waals surface area contributed by atoms with Crippen molar-refractivity contribution in [3.05, 3.63) is 77.9 Å². The Labute approximate surface area is 139 Å². The molecule has 0 saturated heterocycles. The average molecular weight is 355 g/mol. The molecule has 0 bridgehead atoms. The van der Waals surface area contributed by atoms with Crippen LogP contribution >= 0.6 is 0 Å². The number of fused-ring (bicyclic) bond motifs is 1. The summed E-state index contributed by atoms with van der Waals surface area (Å²) in [4.78, 5) is 0. The summed E-state index contributed by atoms with van der Waals surface area (Å²) in [5.41, 5.74) is 0.791. The minimum atomic E-state index is -4.33. The van der Waals surface area contributed by atoms with Gasteiger partial charge in [-0.2, -0.15) is 0 Å². The zero-order valence-corrected chi connectivity index (χ0v) is 12.9. The third-order valence-corrected chi connectivity index (χ3v) is 3.92. The van der Waals surface area contributed by atoms with Crippen molar-refractivity contribution in [2.24, 2.45) is 0 Å². The van der Waals surface area contributed by atoms with E-state index in [9.17, 15) is 13.2 Å². The van der Waals surface area contributed by atoms with Gasteiger partial charge < -0.3 is 0 Å². The van der Waals surface area contributed by atoms with Gasteiger partial charge in [-0.05, 0) is 0 Å². The third-order valence-electron chi connectivity index (χ3n) is 3.46. The van der Waals surface area contributed by atoms with Crippen molar-refractivity contribution in [3.8, 4) is 0 Å². The van der Waals surface area contributed by atoms with E-state index < -0.39 is 11.7 Å². The minimum absolute atomic E-state index is 0.550. The Morgan fingerprint density at radius 1 is 0.826 bits per heavy atom. The molecular formula is C18H12F3FeN. The molecule has 0 amide bonds. The zero-order chi connectivity index (χ0) is 16.4. The Morgan fingerprint density at radius 3 is 2.13 bits per heavy atom. The van der Waals surface area contributed by atoms with Crippen molar-refractivity contribution in [3.63, 3.8) is 0 Å². The van der Waals surface area contributed by atoms with Crippen molar-refractivity contribution >= 4 is 21.0 Å². The van der Waals surface area contributed by atoms with Crippen LogP contribution < -0.4 is 5.32 Å². The van der Waals surface area contributed by atoms with E-state index in [2.05, 4.69) is 20.9 Å². The van der Waals surface area contributed by atoms with E-state index in [1.165, 1.54) is 12.1 Å². The molecule has 0 unspecified atom stereocenters. The van der Waals surface area contributed by atoms with Crippen LogP contribution in [-0.4, -0.2) is 4.54 Å². The van der Waals surface area contributed by atoms with E-state index in [1.54, 1.807) is 0 Å². The molecule has 0 atom stereocenters. The summed E-state index contributed by atoms with van der Waals surface area (Å²) in [7, 11) is 0. The molecular weight excluding hydrogens is 343 g/mol. The van der Waals surface area contributed by atoms with Crippen LogP contribution in [0.2, 0.25) is 0 Å². The van der Waals surface area contributed by atoms with E-state index in [0.717, 1.165) is 28.6 Å². The zero-order valence-electron chi connectivity index (χ0n) is 11.8. The first-order valence-corrected chi connectivity index (χ1v) is 7.43. The third kappa shape index (κ3) is 3.63. The van der Waals surface area contributed by atoms with E-state index >= 15 is 0 Å². The number of halogens is 3. The molecule has 3 aromatic rings. The topological polar surface area (TPSA) is 12.0 Å². The SMILES string of the molecule is FC(F)(F)c1ccc([C](=[Fe])Nc2ccc3ccccc3c2)cc1. The first-order valence-electron chi connectivity index (χ1n) is 6.88. The molecule has 0 heterocycles. The summed E-state index contributed by atoms with van der Waals surface area (Å²) in [6.45, 7) is 0. The number of benzene rings is 3. The van der Waals surface area contributed by atoms with Gasteiger partial charge in [-0.25, -0.2) is 0 Å². The van der Waals surface area contributed by atoms with Crippen LogP contribution in [-0.2, 0) is 21.8 Å². The van der Waals surface area contributed by atoms with Gasteiger partial charge in [0.2, 0.25) is 0 Å². The van der Waals surface area contributed by atoms with Crippen LogP contribution in [0.25, 0.3) is 10.8 Å². The van der Waals surface area contributed by atoms with Gasteiger partial charge in [0.05, 0.1) is 0 Å². The van der Waals surface area contributed by atoms with Crippen LogP contribution in [0.3, 0.4) is 0 Å². The molecule has 0 spiro atoms. The van der Waals surface area contributed by atoms with Crippen molar-refractivity contribution in [2.75, 3.05) is 5.32 Å². The molecule has 0 saturated carbocycles. The molecule has 0 aliphatic rings. The Morgan fingerprint density at radius 2 is 1.48 bits per heavy atom. The molecule has 118 valence electrons. The van der Waals surface area contributed by atoms with Gasteiger partial charge in [-0.1, -0.05) is 0 Å². The first kappa shape index (κ1) is 15.8. The van der Waals surface area contributed by atoms with Crippen LogP contribution in [0.15, 0.2) is 66.7 Å². The summed E-state index contributed by atoms with van der Waals surface area (Å²) in [6.07, 6.45) is -4.33. The number of anilines is 1. The maximum atomic E-state index is 12.6. The number of hydrogen-bond donors (Lipinski definition) is 1.